The second kappa shape index (κ2) is 5.86. The summed E-state index contributed by atoms with van der Waals surface area (Å²) in [7, 11) is 0. The van der Waals surface area contributed by atoms with Gasteiger partial charge in [0, 0.05) is 0 Å². The number of allylic oxidation sites excluding steroid dienone is 2. The molecule has 0 heterocycles. The maximum atomic E-state index is 10.8. The maximum Gasteiger partial charge on any atom is 0.335 e. The van der Waals surface area contributed by atoms with E-state index in [1.807, 2.05) is 12.4 Å². The standard InChI is InChI=1S/C13H15NO3/c1-3-10(13(15)16)8-9(2)11-4-6-12(14-17)7-5-11/h3-8,14,17H,1-2H3,(H,15,16). The summed E-state index contributed by atoms with van der Waals surface area (Å²) in [5.41, 5.74) is 4.64. The second-order valence-corrected chi connectivity index (χ2v) is 3.57. The summed E-state index contributed by atoms with van der Waals surface area (Å²) in [6.45, 7) is 3.53. The molecule has 3 N–H and O–H groups in total. The van der Waals surface area contributed by atoms with E-state index in [4.69, 9.17) is 10.3 Å². The molecule has 4 heteroatoms. The van der Waals surface area contributed by atoms with E-state index >= 15 is 0 Å². The van der Waals surface area contributed by atoms with E-state index in [2.05, 4.69) is 0 Å². The number of benzene rings is 1. The van der Waals surface area contributed by atoms with Crippen molar-refractivity contribution in [2.45, 2.75) is 13.8 Å². The third-order valence-electron chi connectivity index (χ3n) is 2.40. The average Bonchev–Trinajstić information content (AvgIpc) is 2.35. The molecule has 0 saturated heterocycles. The lowest BCUT2D eigenvalue weighted by Crippen LogP contribution is -1.97. The molecule has 0 aliphatic carbocycles. The maximum absolute atomic E-state index is 10.8. The average molecular weight is 233 g/mol. The van der Waals surface area contributed by atoms with Crippen molar-refractivity contribution >= 4 is 17.2 Å². The third-order valence-corrected chi connectivity index (χ3v) is 2.40. The highest BCUT2D eigenvalue weighted by atomic mass is 16.5. The van der Waals surface area contributed by atoms with Crippen LogP contribution >= 0.6 is 0 Å². The first-order valence-corrected chi connectivity index (χ1v) is 5.17. The van der Waals surface area contributed by atoms with Crippen LogP contribution in [0.3, 0.4) is 0 Å². The third kappa shape index (κ3) is 3.46. The second-order valence-electron chi connectivity index (χ2n) is 3.57. The lowest BCUT2D eigenvalue weighted by molar-refractivity contribution is -0.132. The van der Waals surface area contributed by atoms with Crippen molar-refractivity contribution in [3.05, 3.63) is 47.6 Å². The summed E-state index contributed by atoms with van der Waals surface area (Å²) in [6.07, 6.45) is 3.17. The highest BCUT2D eigenvalue weighted by Gasteiger charge is 2.04. The van der Waals surface area contributed by atoms with Crippen molar-refractivity contribution in [2.75, 3.05) is 5.48 Å². The summed E-state index contributed by atoms with van der Waals surface area (Å²) < 4.78 is 0. The van der Waals surface area contributed by atoms with Gasteiger partial charge in [-0.25, -0.2) is 4.79 Å². The zero-order chi connectivity index (χ0) is 12.8. The van der Waals surface area contributed by atoms with Crippen LogP contribution in [0, 0.1) is 0 Å². The Morgan fingerprint density at radius 1 is 1.29 bits per heavy atom. The van der Waals surface area contributed by atoms with Crippen LogP contribution in [-0.4, -0.2) is 16.3 Å². The summed E-state index contributed by atoms with van der Waals surface area (Å²) in [6, 6.07) is 7.03. The van der Waals surface area contributed by atoms with Crippen molar-refractivity contribution in [3.63, 3.8) is 0 Å². The zero-order valence-electron chi connectivity index (χ0n) is 9.77. The van der Waals surface area contributed by atoms with Gasteiger partial charge in [0.15, 0.2) is 0 Å². The fourth-order valence-corrected chi connectivity index (χ4v) is 1.39. The Hall–Kier alpha value is -2.07. The molecule has 0 unspecified atom stereocenters. The molecule has 0 amide bonds. The molecule has 0 aliphatic heterocycles. The van der Waals surface area contributed by atoms with Crippen molar-refractivity contribution in [2.24, 2.45) is 0 Å². The van der Waals surface area contributed by atoms with Crippen molar-refractivity contribution in [1.82, 2.24) is 0 Å². The van der Waals surface area contributed by atoms with Gasteiger partial charge in [0.2, 0.25) is 0 Å². The van der Waals surface area contributed by atoms with E-state index in [1.54, 1.807) is 43.3 Å². The van der Waals surface area contributed by atoms with Gasteiger partial charge >= 0.3 is 5.97 Å². The quantitative estimate of drug-likeness (QED) is 0.425. The van der Waals surface area contributed by atoms with Crippen LogP contribution < -0.4 is 5.48 Å². The minimum absolute atomic E-state index is 0.256. The number of carbonyl (C=O) groups is 1. The molecular weight excluding hydrogens is 218 g/mol. The van der Waals surface area contributed by atoms with E-state index in [-0.39, 0.29) is 5.57 Å². The van der Waals surface area contributed by atoms with Crippen LogP contribution in [0.5, 0.6) is 0 Å². The molecule has 1 aromatic rings. The number of hydrogen-bond acceptors (Lipinski definition) is 3. The fraction of sp³-hybridized carbons (Fsp3) is 0.154. The van der Waals surface area contributed by atoms with Crippen LogP contribution in [0.4, 0.5) is 5.69 Å². The monoisotopic (exact) mass is 233 g/mol. The molecule has 90 valence electrons. The van der Waals surface area contributed by atoms with E-state index < -0.39 is 5.97 Å². The Bertz CT molecular complexity index is 458. The number of carboxylic acid groups (broad SMARTS) is 1. The predicted molar refractivity (Wildman–Crippen MR) is 66.9 cm³/mol. The molecule has 0 aromatic heterocycles. The topological polar surface area (TPSA) is 69.6 Å². The van der Waals surface area contributed by atoms with E-state index in [0.717, 1.165) is 11.1 Å². The molecule has 0 spiro atoms. The van der Waals surface area contributed by atoms with Crippen LogP contribution in [0.25, 0.3) is 5.57 Å². The van der Waals surface area contributed by atoms with Crippen molar-refractivity contribution in [3.8, 4) is 0 Å². The lowest BCUT2D eigenvalue weighted by atomic mass is 10.0. The molecule has 17 heavy (non-hydrogen) atoms. The molecule has 1 rings (SSSR count). The fourth-order valence-electron chi connectivity index (χ4n) is 1.39. The zero-order valence-corrected chi connectivity index (χ0v) is 9.77. The van der Waals surface area contributed by atoms with Gasteiger partial charge < -0.3 is 5.11 Å². The minimum Gasteiger partial charge on any atom is -0.478 e. The summed E-state index contributed by atoms with van der Waals surface area (Å²) >= 11 is 0. The number of rotatable bonds is 4. The normalized spacial score (nSPS) is 12.4. The lowest BCUT2D eigenvalue weighted by Gasteiger charge is -2.04. The first kappa shape index (κ1) is 13.0. The molecule has 1 aromatic carbocycles. The van der Waals surface area contributed by atoms with Gasteiger partial charge in [-0.15, -0.1) is 0 Å². The van der Waals surface area contributed by atoms with E-state index in [9.17, 15) is 4.79 Å². The van der Waals surface area contributed by atoms with Crippen LogP contribution in [0.1, 0.15) is 19.4 Å². The van der Waals surface area contributed by atoms with E-state index in [0.29, 0.717) is 5.69 Å². The molecular formula is C13H15NO3. The number of carboxylic acids is 1. The van der Waals surface area contributed by atoms with Gasteiger partial charge in [-0.05, 0) is 43.2 Å². The van der Waals surface area contributed by atoms with Crippen molar-refractivity contribution < 1.29 is 15.1 Å². The van der Waals surface area contributed by atoms with Crippen LogP contribution in [0.15, 0.2) is 42.0 Å². The van der Waals surface area contributed by atoms with Crippen LogP contribution in [0.2, 0.25) is 0 Å². The largest absolute Gasteiger partial charge is 0.478 e. The Labute approximate surface area is 99.9 Å². The van der Waals surface area contributed by atoms with Gasteiger partial charge in [-0.2, -0.15) is 0 Å². The Morgan fingerprint density at radius 2 is 1.88 bits per heavy atom. The summed E-state index contributed by atoms with van der Waals surface area (Å²) in [4.78, 5) is 10.8. The highest BCUT2D eigenvalue weighted by Crippen LogP contribution is 2.18. The number of hydrogen-bond donors (Lipinski definition) is 3. The predicted octanol–water partition coefficient (Wildman–Crippen LogP) is 2.92. The van der Waals surface area contributed by atoms with Crippen molar-refractivity contribution in [1.29, 1.82) is 0 Å². The van der Waals surface area contributed by atoms with Crippen LogP contribution in [-0.2, 0) is 4.79 Å². The summed E-state index contributed by atoms with van der Waals surface area (Å²) in [5.74, 6) is -0.944. The Kier molecular flexibility index (Phi) is 4.48. The molecule has 0 atom stereocenters. The smallest absolute Gasteiger partial charge is 0.335 e. The number of nitrogens with one attached hydrogen (secondary N) is 1. The SMILES string of the molecule is CC=C(C=C(C)c1ccc(NO)cc1)C(=O)O. The molecule has 0 aliphatic rings. The Balaban J connectivity index is 2.99. The van der Waals surface area contributed by atoms with Gasteiger partial charge in [0.05, 0.1) is 11.3 Å². The Morgan fingerprint density at radius 3 is 2.29 bits per heavy atom. The number of aliphatic carboxylic acids is 1. The molecule has 0 bridgehead atoms. The first-order chi connectivity index (χ1) is 8.08. The molecule has 4 nitrogen and oxygen atoms in total. The first-order valence-electron chi connectivity index (χ1n) is 5.17. The van der Waals surface area contributed by atoms with Gasteiger partial charge in [-0.3, -0.25) is 10.7 Å². The molecule has 0 saturated carbocycles. The molecule has 0 fully saturated rings. The summed E-state index contributed by atoms with van der Waals surface area (Å²) in [5, 5.41) is 17.6. The molecule has 0 radical (unpaired) electrons. The van der Waals surface area contributed by atoms with Gasteiger partial charge in [0.1, 0.15) is 0 Å². The highest BCUT2D eigenvalue weighted by molar-refractivity contribution is 5.92. The van der Waals surface area contributed by atoms with E-state index in [1.165, 1.54) is 0 Å². The van der Waals surface area contributed by atoms with Gasteiger partial charge in [-0.1, -0.05) is 18.2 Å². The number of anilines is 1. The minimum atomic E-state index is -0.944. The van der Waals surface area contributed by atoms with Gasteiger partial charge in [0.25, 0.3) is 0 Å².